The number of ether oxygens (including phenoxy) is 2. The smallest absolute Gasteiger partial charge is 0.251 e. The van der Waals surface area contributed by atoms with Crippen molar-refractivity contribution in [2.75, 3.05) is 37.8 Å². The van der Waals surface area contributed by atoms with E-state index in [1.165, 1.54) is 6.92 Å². The van der Waals surface area contributed by atoms with Crippen molar-refractivity contribution < 1.29 is 42.7 Å². The number of rotatable bonds is 7. The molecule has 0 saturated carbocycles. The molecular weight excluding hydrogens is 554 g/mol. The average molecular weight is 586 g/mol. The van der Waals surface area contributed by atoms with Gasteiger partial charge in [0.25, 0.3) is 10.0 Å². The number of aliphatic hydroxyl groups excluding tert-OH is 4. The molecular formula is C28H31N3O9S. The maximum absolute atomic E-state index is 13.1. The van der Waals surface area contributed by atoms with Gasteiger partial charge in [-0.3, -0.25) is 0 Å². The fourth-order valence-electron chi connectivity index (χ4n) is 5.02. The molecule has 0 amide bonds. The summed E-state index contributed by atoms with van der Waals surface area (Å²) >= 11 is 0. The monoisotopic (exact) mass is 585 g/mol. The van der Waals surface area contributed by atoms with E-state index < -0.39 is 52.2 Å². The molecule has 0 aliphatic carbocycles. The van der Waals surface area contributed by atoms with Gasteiger partial charge >= 0.3 is 0 Å². The molecule has 3 aromatic rings. The maximum Gasteiger partial charge on any atom is 0.251 e. The molecule has 2 fully saturated rings. The lowest BCUT2D eigenvalue weighted by molar-refractivity contribution is -0.251. The maximum atomic E-state index is 13.1. The van der Waals surface area contributed by atoms with Crippen LogP contribution >= 0.6 is 0 Å². The van der Waals surface area contributed by atoms with Gasteiger partial charge < -0.3 is 39.2 Å². The van der Waals surface area contributed by atoms with Gasteiger partial charge in [0, 0.05) is 29.9 Å². The number of aliphatic hydroxyl groups is 4. The molecule has 12 nitrogen and oxygen atoms in total. The number of allylic oxidation sites excluding steroid dienone is 2. The van der Waals surface area contributed by atoms with Crippen molar-refractivity contribution in [2.45, 2.75) is 37.6 Å². The van der Waals surface area contributed by atoms with Crippen molar-refractivity contribution >= 4 is 32.1 Å². The number of sulfonamides is 1. The SMILES string of the molecule is C/C(=C(/C#N)S(=O)(=O)N[C@H]1C(O)O[C@H](CO)[C@@H](O)[C@@H]1O)c1ccc(-c2ccc3cc(N4CCOCC4)ccc3c2)o1. The normalized spacial score (nSPS) is 26.0. The van der Waals surface area contributed by atoms with Gasteiger partial charge in [-0.25, -0.2) is 8.42 Å². The first kappa shape index (κ1) is 29.2. The zero-order chi connectivity index (χ0) is 29.3. The molecule has 0 spiro atoms. The van der Waals surface area contributed by atoms with E-state index in [1.807, 2.05) is 29.0 Å². The number of nitriles is 1. The average Bonchev–Trinajstić information content (AvgIpc) is 3.48. The second-order valence-electron chi connectivity index (χ2n) is 9.95. The van der Waals surface area contributed by atoms with E-state index in [1.54, 1.807) is 18.2 Å². The van der Waals surface area contributed by atoms with Crippen molar-refractivity contribution in [1.82, 2.24) is 4.72 Å². The fourth-order valence-corrected chi connectivity index (χ4v) is 6.37. The molecule has 5 N–H and O–H groups in total. The largest absolute Gasteiger partial charge is 0.456 e. The third-order valence-corrected chi connectivity index (χ3v) is 8.88. The summed E-state index contributed by atoms with van der Waals surface area (Å²) in [6, 6.07) is 15.2. The number of nitrogens with zero attached hydrogens (tertiary/aromatic N) is 2. The fraction of sp³-hybridized carbons (Fsp3) is 0.393. The quantitative estimate of drug-likeness (QED) is 0.248. The Labute approximate surface area is 236 Å². The van der Waals surface area contributed by atoms with Gasteiger partial charge in [0.2, 0.25) is 0 Å². The minimum absolute atomic E-state index is 0.00307. The molecule has 1 aromatic heterocycles. The zero-order valence-corrected chi connectivity index (χ0v) is 23.0. The predicted octanol–water partition coefficient (Wildman–Crippen LogP) is 0.910. The molecule has 5 atom stereocenters. The number of furan rings is 1. The standard InChI is InChI=1S/C28H31N3O9S/c1-16(24(14-29)41(36,37)30-25-27(34)26(33)23(15-32)40-28(25)35)21-6-7-22(39-21)19-3-2-18-13-20(5-4-17(18)12-19)31-8-10-38-11-9-31/h2-7,12-13,23,25-28,30,32-35H,8-11,15H2,1H3/b24-16+/t23-,25-,26-,27-,28?/m1/s1. The third-order valence-electron chi connectivity index (χ3n) is 7.36. The van der Waals surface area contributed by atoms with E-state index in [-0.39, 0.29) is 11.3 Å². The van der Waals surface area contributed by atoms with Crippen molar-refractivity contribution in [2.24, 2.45) is 0 Å². The highest BCUT2D eigenvalue weighted by Crippen LogP contribution is 2.32. The highest BCUT2D eigenvalue weighted by Gasteiger charge is 2.45. The van der Waals surface area contributed by atoms with E-state index in [0.29, 0.717) is 19.0 Å². The Kier molecular flexibility index (Phi) is 8.46. The van der Waals surface area contributed by atoms with Gasteiger partial charge in [0.1, 0.15) is 41.9 Å². The van der Waals surface area contributed by atoms with Crippen molar-refractivity contribution in [3.05, 3.63) is 59.2 Å². The van der Waals surface area contributed by atoms with E-state index in [9.17, 15) is 34.1 Å². The van der Waals surface area contributed by atoms with Gasteiger partial charge in [-0.1, -0.05) is 18.2 Å². The molecule has 3 heterocycles. The Hall–Kier alpha value is -3.32. The van der Waals surface area contributed by atoms with Crippen molar-refractivity contribution in [3.63, 3.8) is 0 Å². The molecule has 218 valence electrons. The summed E-state index contributed by atoms with van der Waals surface area (Å²) in [5.41, 5.74) is 1.88. The van der Waals surface area contributed by atoms with E-state index in [0.717, 1.165) is 35.1 Å². The molecule has 2 saturated heterocycles. The molecule has 13 heteroatoms. The van der Waals surface area contributed by atoms with Crippen LogP contribution in [0.15, 0.2) is 57.9 Å². The van der Waals surface area contributed by atoms with Crippen LogP contribution in [0.3, 0.4) is 0 Å². The molecule has 1 unspecified atom stereocenters. The topological polar surface area (TPSA) is 186 Å². The number of nitrogens with one attached hydrogen (secondary N) is 1. The molecule has 2 aromatic carbocycles. The number of morpholine rings is 1. The molecule has 41 heavy (non-hydrogen) atoms. The van der Waals surface area contributed by atoms with Crippen LogP contribution in [-0.2, 0) is 19.5 Å². The number of hydrogen-bond donors (Lipinski definition) is 5. The Morgan fingerprint density at radius 2 is 1.76 bits per heavy atom. The Morgan fingerprint density at radius 3 is 2.46 bits per heavy atom. The predicted molar refractivity (Wildman–Crippen MR) is 149 cm³/mol. The highest BCUT2D eigenvalue weighted by atomic mass is 32.2. The molecule has 0 bridgehead atoms. The molecule has 5 rings (SSSR count). The van der Waals surface area contributed by atoms with Crippen LogP contribution in [-0.4, -0.2) is 92.4 Å². The number of hydrogen-bond acceptors (Lipinski definition) is 11. The first-order chi connectivity index (χ1) is 19.6. The molecule has 0 radical (unpaired) electrons. The van der Waals surface area contributed by atoms with Gasteiger partial charge in [-0.2, -0.15) is 9.98 Å². The van der Waals surface area contributed by atoms with Crippen LogP contribution in [0.1, 0.15) is 12.7 Å². The Bertz CT molecular complexity index is 1590. The van der Waals surface area contributed by atoms with Crippen LogP contribution in [0.25, 0.3) is 27.7 Å². The summed E-state index contributed by atoms with van der Waals surface area (Å²) in [5.74, 6) is 0.594. The summed E-state index contributed by atoms with van der Waals surface area (Å²) in [5, 5.41) is 51.6. The van der Waals surface area contributed by atoms with Crippen molar-refractivity contribution in [3.8, 4) is 17.4 Å². The summed E-state index contributed by atoms with van der Waals surface area (Å²) in [7, 11) is -4.61. The van der Waals surface area contributed by atoms with E-state index in [2.05, 4.69) is 17.0 Å². The first-order valence-electron chi connectivity index (χ1n) is 13.0. The van der Waals surface area contributed by atoms with Crippen LogP contribution in [0.5, 0.6) is 0 Å². The Morgan fingerprint density at radius 1 is 1.05 bits per heavy atom. The second kappa shape index (κ2) is 11.9. The summed E-state index contributed by atoms with van der Waals surface area (Å²) in [6.45, 7) is 3.76. The van der Waals surface area contributed by atoms with Gasteiger partial charge in [0.05, 0.1) is 19.8 Å². The second-order valence-corrected chi connectivity index (χ2v) is 11.6. The summed E-state index contributed by atoms with van der Waals surface area (Å²) < 4.78 is 44.6. The highest BCUT2D eigenvalue weighted by molar-refractivity contribution is 7.93. The van der Waals surface area contributed by atoms with E-state index >= 15 is 0 Å². The minimum atomic E-state index is -4.61. The first-order valence-corrected chi connectivity index (χ1v) is 14.5. The lowest BCUT2D eigenvalue weighted by Gasteiger charge is -2.40. The van der Waals surface area contributed by atoms with Gasteiger partial charge in [0.15, 0.2) is 11.2 Å². The van der Waals surface area contributed by atoms with Gasteiger partial charge in [-0.15, -0.1) is 0 Å². The third kappa shape index (κ3) is 5.87. The number of anilines is 1. The van der Waals surface area contributed by atoms with E-state index in [4.69, 9.17) is 13.9 Å². The number of benzene rings is 2. The molecule has 2 aliphatic heterocycles. The lowest BCUT2D eigenvalue weighted by atomic mass is 9.98. The summed E-state index contributed by atoms with van der Waals surface area (Å²) in [4.78, 5) is 1.57. The van der Waals surface area contributed by atoms with Crippen LogP contribution in [0.4, 0.5) is 5.69 Å². The molecule has 2 aliphatic rings. The zero-order valence-electron chi connectivity index (χ0n) is 22.2. The minimum Gasteiger partial charge on any atom is -0.456 e. The Balaban J connectivity index is 1.38. The van der Waals surface area contributed by atoms with Gasteiger partial charge in [-0.05, 0) is 48.0 Å². The number of fused-ring (bicyclic) bond motifs is 1. The van der Waals surface area contributed by atoms with Crippen LogP contribution < -0.4 is 9.62 Å². The van der Waals surface area contributed by atoms with Crippen LogP contribution in [0, 0.1) is 11.3 Å². The summed E-state index contributed by atoms with van der Waals surface area (Å²) in [6.07, 6.45) is -6.67. The van der Waals surface area contributed by atoms with Crippen LogP contribution in [0.2, 0.25) is 0 Å². The van der Waals surface area contributed by atoms with Crippen molar-refractivity contribution in [1.29, 1.82) is 5.26 Å². The lowest BCUT2D eigenvalue weighted by Crippen LogP contribution is -2.64.